The highest BCUT2D eigenvalue weighted by Gasteiger charge is 2.36. The SMILES string of the molecule is C[C@@H]1CCN(C(=O)c2nn(-c3ccc(F)cc3F)cc2O)[C@@H]1CO. The molecular weight excluding hydrogens is 320 g/mol. The number of halogens is 2. The Morgan fingerprint density at radius 1 is 1.42 bits per heavy atom. The number of rotatable bonds is 3. The molecule has 0 spiro atoms. The van der Waals surface area contributed by atoms with E-state index in [0.717, 1.165) is 23.4 Å². The van der Waals surface area contributed by atoms with Crippen LogP contribution in [0.1, 0.15) is 23.8 Å². The molecule has 2 atom stereocenters. The average Bonchev–Trinajstić information content (AvgIpc) is 3.09. The number of hydrogen-bond acceptors (Lipinski definition) is 4. The zero-order chi connectivity index (χ0) is 17.4. The molecule has 1 saturated heterocycles. The number of carbonyl (C=O) groups excluding carboxylic acids is 1. The van der Waals surface area contributed by atoms with Crippen LogP contribution in [0.3, 0.4) is 0 Å². The van der Waals surface area contributed by atoms with E-state index in [-0.39, 0.29) is 29.9 Å². The van der Waals surface area contributed by atoms with E-state index in [2.05, 4.69) is 5.10 Å². The quantitative estimate of drug-likeness (QED) is 0.894. The normalized spacial score (nSPS) is 20.6. The molecule has 1 aromatic carbocycles. The van der Waals surface area contributed by atoms with Gasteiger partial charge in [-0.1, -0.05) is 6.92 Å². The van der Waals surface area contributed by atoms with Gasteiger partial charge in [-0.2, -0.15) is 5.10 Å². The Morgan fingerprint density at radius 2 is 2.17 bits per heavy atom. The molecule has 2 N–H and O–H groups in total. The highest BCUT2D eigenvalue weighted by atomic mass is 19.1. The first-order valence-electron chi connectivity index (χ1n) is 7.58. The Bertz CT molecular complexity index is 778. The summed E-state index contributed by atoms with van der Waals surface area (Å²) < 4.78 is 27.8. The van der Waals surface area contributed by atoms with Gasteiger partial charge in [-0.15, -0.1) is 0 Å². The lowest BCUT2D eigenvalue weighted by Gasteiger charge is -2.24. The topological polar surface area (TPSA) is 78.6 Å². The maximum Gasteiger partial charge on any atom is 0.278 e. The van der Waals surface area contributed by atoms with Crippen molar-refractivity contribution in [3.8, 4) is 11.4 Å². The van der Waals surface area contributed by atoms with Gasteiger partial charge in [0.2, 0.25) is 0 Å². The summed E-state index contributed by atoms with van der Waals surface area (Å²) in [6.07, 6.45) is 1.84. The third-order valence-electron chi connectivity index (χ3n) is 4.38. The number of benzene rings is 1. The van der Waals surface area contributed by atoms with E-state index in [4.69, 9.17) is 0 Å². The van der Waals surface area contributed by atoms with Gasteiger partial charge in [-0.05, 0) is 24.5 Å². The Balaban J connectivity index is 1.93. The van der Waals surface area contributed by atoms with E-state index in [9.17, 15) is 23.8 Å². The van der Waals surface area contributed by atoms with Crippen LogP contribution in [0.2, 0.25) is 0 Å². The lowest BCUT2D eigenvalue weighted by Crippen LogP contribution is -2.40. The maximum absolute atomic E-state index is 13.8. The zero-order valence-corrected chi connectivity index (χ0v) is 13.0. The largest absolute Gasteiger partial charge is 0.504 e. The van der Waals surface area contributed by atoms with Crippen molar-refractivity contribution in [3.63, 3.8) is 0 Å². The first kappa shape index (κ1) is 16.4. The minimum Gasteiger partial charge on any atom is -0.504 e. The number of carbonyl (C=O) groups is 1. The van der Waals surface area contributed by atoms with Gasteiger partial charge in [0.25, 0.3) is 5.91 Å². The Kier molecular flexibility index (Phi) is 4.23. The van der Waals surface area contributed by atoms with Gasteiger partial charge < -0.3 is 15.1 Å². The van der Waals surface area contributed by atoms with Crippen molar-refractivity contribution in [1.82, 2.24) is 14.7 Å². The minimum absolute atomic E-state index is 0.0840. The van der Waals surface area contributed by atoms with Crippen molar-refractivity contribution >= 4 is 5.91 Å². The van der Waals surface area contributed by atoms with Crippen molar-refractivity contribution in [1.29, 1.82) is 0 Å². The molecule has 0 unspecified atom stereocenters. The van der Waals surface area contributed by atoms with E-state index < -0.39 is 23.3 Å². The van der Waals surface area contributed by atoms with Crippen molar-refractivity contribution < 1.29 is 23.8 Å². The first-order chi connectivity index (χ1) is 11.4. The van der Waals surface area contributed by atoms with Crippen LogP contribution in [0.25, 0.3) is 5.69 Å². The molecule has 0 aliphatic carbocycles. The fourth-order valence-electron chi connectivity index (χ4n) is 2.98. The van der Waals surface area contributed by atoms with Crippen molar-refractivity contribution in [2.75, 3.05) is 13.2 Å². The molecule has 24 heavy (non-hydrogen) atoms. The average molecular weight is 337 g/mol. The molecule has 1 aliphatic heterocycles. The number of likely N-dealkylation sites (tertiary alicyclic amines) is 1. The zero-order valence-electron chi connectivity index (χ0n) is 13.0. The second kappa shape index (κ2) is 6.20. The number of aromatic hydroxyl groups is 1. The Hall–Kier alpha value is -2.48. The second-order valence-electron chi connectivity index (χ2n) is 5.92. The summed E-state index contributed by atoms with van der Waals surface area (Å²) in [7, 11) is 0. The van der Waals surface area contributed by atoms with E-state index in [0.29, 0.717) is 12.6 Å². The van der Waals surface area contributed by atoms with Crippen LogP contribution in [0, 0.1) is 17.6 Å². The van der Waals surface area contributed by atoms with Crippen molar-refractivity contribution in [2.24, 2.45) is 5.92 Å². The van der Waals surface area contributed by atoms with Gasteiger partial charge in [-0.3, -0.25) is 4.79 Å². The highest BCUT2D eigenvalue weighted by molar-refractivity contribution is 5.95. The molecule has 8 heteroatoms. The van der Waals surface area contributed by atoms with Crippen LogP contribution >= 0.6 is 0 Å². The molecule has 3 rings (SSSR count). The van der Waals surface area contributed by atoms with Crippen LogP contribution in [-0.4, -0.2) is 50.0 Å². The number of aromatic nitrogens is 2. The number of hydrogen-bond donors (Lipinski definition) is 2. The third-order valence-corrected chi connectivity index (χ3v) is 4.38. The summed E-state index contributed by atoms with van der Waals surface area (Å²) in [6, 6.07) is 2.58. The molecular formula is C16H17F2N3O3. The van der Waals surface area contributed by atoms with E-state index in [1.807, 2.05) is 6.92 Å². The molecule has 1 amide bonds. The molecule has 1 aliphatic rings. The van der Waals surface area contributed by atoms with Crippen LogP contribution in [0.5, 0.6) is 5.75 Å². The molecule has 1 fully saturated rings. The monoisotopic (exact) mass is 337 g/mol. The van der Waals surface area contributed by atoms with Crippen molar-refractivity contribution in [2.45, 2.75) is 19.4 Å². The van der Waals surface area contributed by atoms with Gasteiger partial charge in [0.15, 0.2) is 17.3 Å². The van der Waals surface area contributed by atoms with Crippen LogP contribution < -0.4 is 0 Å². The molecule has 2 heterocycles. The summed E-state index contributed by atoms with van der Waals surface area (Å²) >= 11 is 0. The predicted octanol–water partition coefficient (Wildman–Crippen LogP) is 1.70. The summed E-state index contributed by atoms with van der Waals surface area (Å²) in [5.74, 6) is -2.39. The predicted molar refractivity (Wildman–Crippen MR) is 80.8 cm³/mol. The molecule has 6 nitrogen and oxygen atoms in total. The molecule has 0 radical (unpaired) electrons. The number of amides is 1. The third kappa shape index (κ3) is 2.73. The van der Waals surface area contributed by atoms with Gasteiger partial charge in [-0.25, -0.2) is 13.5 Å². The molecule has 0 bridgehead atoms. The number of nitrogens with zero attached hydrogens (tertiary/aromatic N) is 3. The second-order valence-corrected chi connectivity index (χ2v) is 5.92. The van der Waals surface area contributed by atoms with E-state index >= 15 is 0 Å². The molecule has 1 aromatic heterocycles. The van der Waals surface area contributed by atoms with Gasteiger partial charge in [0.1, 0.15) is 11.5 Å². The minimum atomic E-state index is -0.862. The smallest absolute Gasteiger partial charge is 0.278 e. The lowest BCUT2D eigenvalue weighted by molar-refractivity contribution is 0.0639. The number of aliphatic hydroxyl groups excluding tert-OH is 1. The van der Waals surface area contributed by atoms with Crippen LogP contribution in [-0.2, 0) is 0 Å². The van der Waals surface area contributed by atoms with E-state index in [1.165, 1.54) is 11.0 Å². The Morgan fingerprint density at radius 3 is 2.83 bits per heavy atom. The fourth-order valence-corrected chi connectivity index (χ4v) is 2.98. The molecule has 2 aromatic rings. The summed E-state index contributed by atoms with van der Waals surface area (Å²) in [4.78, 5) is 14.0. The Labute approximate surface area is 136 Å². The van der Waals surface area contributed by atoms with Gasteiger partial charge >= 0.3 is 0 Å². The first-order valence-corrected chi connectivity index (χ1v) is 7.58. The number of aliphatic hydroxyl groups is 1. The summed E-state index contributed by atoms with van der Waals surface area (Å²) in [5.41, 5.74) is -0.314. The maximum atomic E-state index is 13.8. The summed E-state index contributed by atoms with van der Waals surface area (Å²) in [5, 5.41) is 23.4. The summed E-state index contributed by atoms with van der Waals surface area (Å²) in [6.45, 7) is 2.20. The molecule has 128 valence electrons. The standard InChI is InChI=1S/C16H17F2N3O3/c1-9-4-5-20(13(9)8-22)16(24)15-14(23)7-21(19-15)12-3-2-10(17)6-11(12)18/h2-3,6-7,9,13,22-23H,4-5,8H2,1H3/t9-,13-/m1/s1. The van der Waals surface area contributed by atoms with Crippen LogP contribution in [0.15, 0.2) is 24.4 Å². The molecule has 0 saturated carbocycles. The fraction of sp³-hybridized carbons (Fsp3) is 0.375. The van der Waals surface area contributed by atoms with Crippen LogP contribution in [0.4, 0.5) is 8.78 Å². The highest BCUT2D eigenvalue weighted by Crippen LogP contribution is 2.28. The van der Waals surface area contributed by atoms with Gasteiger partial charge in [0.05, 0.1) is 18.8 Å². The van der Waals surface area contributed by atoms with Gasteiger partial charge in [0, 0.05) is 12.6 Å². The lowest BCUT2D eigenvalue weighted by atomic mass is 10.0. The van der Waals surface area contributed by atoms with Crippen molar-refractivity contribution in [3.05, 3.63) is 41.7 Å². The van der Waals surface area contributed by atoms with E-state index in [1.54, 1.807) is 0 Å².